The van der Waals surface area contributed by atoms with Crippen LogP contribution in [-0.4, -0.2) is 48.7 Å². The topological polar surface area (TPSA) is 104 Å². The second-order valence-corrected chi connectivity index (χ2v) is 5.86. The number of nitrogens with one attached hydrogen (secondary N) is 1. The molecule has 6 nitrogen and oxygen atoms in total. The summed E-state index contributed by atoms with van der Waals surface area (Å²) in [7, 11) is -4.04. The summed E-state index contributed by atoms with van der Waals surface area (Å²) in [6.07, 6.45) is -6.32. The number of hydrogen-bond acceptors (Lipinski definition) is 4. The smallest absolute Gasteiger partial charge is 0.389 e. The predicted octanol–water partition coefficient (Wildman–Crippen LogP) is 0.0839. The Balaban J connectivity index is 4.22. The number of alkyl halides is 3. The van der Waals surface area contributed by atoms with Crippen molar-refractivity contribution in [1.82, 2.24) is 4.72 Å². The molecule has 0 fully saturated rings. The number of aliphatic hydroxyl groups is 1. The molecule has 0 aromatic carbocycles. The second kappa shape index (κ2) is 5.85. The van der Waals surface area contributed by atoms with E-state index >= 15 is 0 Å². The van der Waals surface area contributed by atoms with Gasteiger partial charge in [0.1, 0.15) is 0 Å². The van der Waals surface area contributed by atoms with Gasteiger partial charge >= 0.3 is 12.1 Å². The maximum atomic E-state index is 11.8. The summed E-state index contributed by atoms with van der Waals surface area (Å²) in [6, 6.07) is 0. The number of carboxylic acid groups (broad SMARTS) is 1. The molecule has 0 radical (unpaired) electrons. The summed E-state index contributed by atoms with van der Waals surface area (Å²) >= 11 is 0. The van der Waals surface area contributed by atoms with Gasteiger partial charge in [0.2, 0.25) is 10.0 Å². The number of carbonyl (C=O) groups is 1. The highest BCUT2D eigenvalue weighted by molar-refractivity contribution is 7.89. The monoisotopic (exact) mass is 293 g/mol. The van der Waals surface area contributed by atoms with Gasteiger partial charge in [-0.1, -0.05) is 0 Å². The molecule has 0 aliphatic rings. The maximum absolute atomic E-state index is 11.8. The molecule has 1 atom stereocenters. The summed E-state index contributed by atoms with van der Waals surface area (Å²) < 4.78 is 59.5. The molecule has 0 bridgehead atoms. The number of halogens is 3. The normalized spacial score (nSPS) is 16.3. The summed E-state index contributed by atoms with van der Waals surface area (Å²) in [5, 5.41) is 17.7. The van der Waals surface area contributed by atoms with Crippen LogP contribution in [0.2, 0.25) is 0 Å². The van der Waals surface area contributed by atoms with Crippen molar-refractivity contribution in [2.75, 3.05) is 12.3 Å². The summed E-state index contributed by atoms with van der Waals surface area (Å²) in [5.74, 6) is -2.43. The SMILES string of the molecule is CC(O)(CNS(=O)(=O)CCCC(F)(F)F)C(=O)O. The molecule has 0 amide bonds. The lowest BCUT2D eigenvalue weighted by atomic mass is 10.1. The van der Waals surface area contributed by atoms with Gasteiger partial charge in [0.15, 0.2) is 5.60 Å². The molecule has 3 N–H and O–H groups in total. The van der Waals surface area contributed by atoms with Crippen molar-refractivity contribution in [2.24, 2.45) is 0 Å². The molecule has 1 unspecified atom stereocenters. The Bertz CT molecular complexity index is 390. The van der Waals surface area contributed by atoms with Crippen LogP contribution < -0.4 is 4.72 Å². The Morgan fingerprint density at radius 3 is 2.22 bits per heavy atom. The highest BCUT2D eigenvalue weighted by atomic mass is 32.2. The van der Waals surface area contributed by atoms with E-state index in [2.05, 4.69) is 0 Å². The first kappa shape index (κ1) is 17.1. The molecule has 18 heavy (non-hydrogen) atoms. The van der Waals surface area contributed by atoms with Crippen LogP contribution in [0.4, 0.5) is 13.2 Å². The number of sulfonamides is 1. The van der Waals surface area contributed by atoms with Crippen LogP contribution in [0.15, 0.2) is 0 Å². The fraction of sp³-hybridized carbons (Fsp3) is 0.875. The van der Waals surface area contributed by atoms with E-state index in [9.17, 15) is 31.5 Å². The van der Waals surface area contributed by atoms with Gasteiger partial charge in [-0.05, 0) is 13.3 Å². The minimum absolute atomic E-state index is 0.631. The van der Waals surface area contributed by atoms with Gasteiger partial charge in [-0.15, -0.1) is 0 Å². The molecule has 0 rings (SSSR count). The largest absolute Gasteiger partial charge is 0.479 e. The Morgan fingerprint density at radius 2 is 1.83 bits per heavy atom. The zero-order chi connectivity index (χ0) is 14.6. The summed E-state index contributed by atoms with van der Waals surface area (Å²) in [6.45, 7) is 0.0598. The maximum Gasteiger partial charge on any atom is 0.389 e. The molecular formula is C8H14F3NO5S. The lowest BCUT2D eigenvalue weighted by molar-refractivity contribution is -0.155. The fourth-order valence-corrected chi connectivity index (χ4v) is 2.03. The molecule has 0 saturated heterocycles. The quantitative estimate of drug-likeness (QED) is 0.617. The van der Waals surface area contributed by atoms with Gasteiger partial charge in [0.25, 0.3) is 0 Å². The van der Waals surface area contributed by atoms with Crippen LogP contribution >= 0.6 is 0 Å². The van der Waals surface area contributed by atoms with E-state index in [-0.39, 0.29) is 0 Å². The van der Waals surface area contributed by atoms with E-state index in [4.69, 9.17) is 5.11 Å². The Labute approximate surface area is 102 Å². The van der Waals surface area contributed by atoms with Gasteiger partial charge in [0.05, 0.1) is 5.75 Å². The van der Waals surface area contributed by atoms with Crippen LogP contribution in [0.1, 0.15) is 19.8 Å². The van der Waals surface area contributed by atoms with E-state index in [0.29, 0.717) is 0 Å². The van der Waals surface area contributed by atoms with Gasteiger partial charge < -0.3 is 10.2 Å². The second-order valence-electron chi connectivity index (χ2n) is 3.94. The van der Waals surface area contributed by atoms with Gasteiger partial charge in [0, 0.05) is 13.0 Å². The molecule has 0 aliphatic heterocycles. The summed E-state index contributed by atoms with van der Waals surface area (Å²) in [4.78, 5) is 10.4. The van der Waals surface area contributed by atoms with Crippen LogP contribution in [-0.2, 0) is 14.8 Å². The molecule has 108 valence electrons. The molecule has 0 aromatic heterocycles. The van der Waals surface area contributed by atoms with Crippen molar-refractivity contribution in [3.8, 4) is 0 Å². The average molecular weight is 293 g/mol. The summed E-state index contributed by atoms with van der Waals surface area (Å²) in [5.41, 5.74) is -2.31. The lowest BCUT2D eigenvalue weighted by Crippen LogP contribution is -2.47. The number of hydrogen-bond donors (Lipinski definition) is 3. The molecule has 0 spiro atoms. The van der Waals surface area contributed by atoms with Crippen molar-refractivity contribution >= 4 is 16.0 Å². The van der Waals surface area contributed by atoms with Crippen LogP contribution in [0.5, 0.6) is 0 Å². The van der Waals surface area contributed by atoms with Gasteiger partial charge in [-0.25, -0.2) is 17.9 Å². The third kappa shape index (κ3) is 7.45. The first-order valence-corrected chi connectivity index (χ1v) is 6.51. The highest BCUT2D eigenvalue weighted by Gasteiger charge is 2.32. The lowest BCUT2D eigenvalue weighted by Gasteiger charge is -2.18. The highest BCUT2D eigenvalue weighted by Crippen LogP contribution is 2.21. The van der Waals surface area contributed by atoms with Crippen molar-refractivity contribution < 1.29 is 36.6 Å². The number of rotatable bonds is 7. The predicted molar refractivity (Wildman–Crippen MR) is 55.3 cm³/mol. The van der Waals surface area contributed by atoms with E-state index < -0.39 is 52.9 Å². The zero-order valence-corrected chi connectivity index (χ0v) is 10.3. The third-order valence-electron chi connectivity index (χ3n) is 1.97. The molecular weight excluding hydrogens is 279 g/mol. The molecule has 0 saturated carbocycles. The molecule has 0 aromatic rings. The average Bonchev–Trinajstić information content (AvgIpc) is 2.12. The van der Waals surface area contributed by atoms with Crippen LogP contribution in [0.3, 0.4) is 0 Å². The van der Waals surface area contributed by atoms with Gasteiger partial charge in [-0.3, -0.25) is 0 Å². The van der Waals surface area contributed by atoms with Crippen LogP contribution in [0.25, 0.3) is 0 Å². The van der Waals surface area contributed by atoms with Crippen LogP contribution in [0, 0.1) is 0 Å². The van der Waals surface area contributed by atoms with E-state index in [0.717, 1.165) is 6.92 Å². The van der Waals surface area contributed by atoms with Crippen molar-refractivity contribution in [2.45, 2.75) is 31.5 Å². The molecule has 10 heteroatoms. The minimum Gasteiger partial charge on any atom is -0.479 e. The minimum atomic E-state index is -4.44. The van der Waals surface area contributed by atoms with E-state index in [1.165, 1.54) is 0 Å². The van der Waals surface area contributed by atoms with E-state index in [1.54, 1.807) is 4.72 Å². The number of aliphatic carboxylic acids is 1. The Hall–Kier alpha value is -0.870. The molecule has 0 heterocycles. The standard InChI is InChI=1S/C8H14F3NO5S/c1-7(15,6(13)14)5-12-18(16,17)4-2-3-8(9,10)11/h12,15H,2-5H2,1H3,(H,13,14). The van der Waals surface area contributed by atoms with Gasteiger partial charge in [-0.2, -0.15) is 13.2 Å². The van der Waals surface area contributed by atoms with E-state index in [1.807, 2.05) is 0 Å². The van der Waals surface area contributed by atoms with Crippen molar-refractivity contribution in [3.63, 3.8) is 0 Å². The first-order chi connectivity index (χ1) is 7.86. The number of carboxylic acids is 1. The van der Waals surface area contributed by atoms with Crippen molar-refractivity contribution in [1.29, 1.82) is 0 Å². The zero-order valence-electron chi connectivity index (χ0n) is 9.49. The Kier molecular flexibility index (Phi) is 5.56. The third-order valence-corrected chi connectivity index (χ3v) is 3.38. The Morgan fingerprint density at radius 1 is 1.33 bits per heavy atom. The fourth-order valence-electron chi connectivity index (χ4n) is 0.861. The van der Waals surface area contributed by atoms with Crippen molar-refractivity contribution in [3.05, 3.63) is 0 Å². The molecule has 0 aliphatic carbocycles. The first-order valence-electron chi connectivity index (χ1n) is 4.86.